The number of carbonyl (C=O) groups is 1. The molecule has 3 rings (SSSR count). The molecular weight excluding hydrogens is 252 g/mol. The standard InChI is InChI=1S/C15H18N4O/c1-15(2)10-8-9(11-6-7-13(20)19-18-11)4-5-12(10)17-14(15)16-3/h4-5,8H,6-7H2,1-3H3,(H,16,17)(H,19,20). The summed E-state index contributed by atoms with van der Waals surface area (Å²) in [5.41, 5.74) is 6.74. The largest absolute Gasteiger partial charge is 0.343 e. The van der Waals surface area contributed by atoms with Crippen molar-refractivity contribution in [3.05, 3.63) is 29.3 Å². The first-order chi connectivity index (χ1) is 9.52. The molecule has 0 aliphatic carbocycles. The molecule has 0 fully saturated rings. The van der Waals surface area contributed by atoms with Crippen LogP contribution in [0.5, 0.6) is 0 Å². The molecule has 0 spiro atoms. The van der Waals surface area contributed by atoms with Crippen molar-refractivity contribution in [2.75, 3.05) is 12.4 Å². The van der Waals surface area contributed by atoms with E-state index in [9.17, 15) is 4.79 Å². The Morgan fingerprint density at radius 3 is 2.75 bits per heavy atom. The average Bonchev–Trinajstić information content (AvgIpc) is 2.70. The van der Waals surface area contributed by atoms with Crippen molar-refractivity contribution in [3.63, 3.8) is 0 Å². The number of hydrazone groups is 1. The molecule has 2 heterocycles. The smallest absolute Gasteiger partial charge is 0.240 e. The summed E-state index contributed by atoms with van der Waals surface area (Å²) >= 11 is 0. The lowest BCUT2D eigenvalue weighted by Crippen LogP contribution is -2.28. The van der Waals surface area contributed by atoms with Gasteiger partial charge in [0.05, 0.1) is 5.71 Å². The Kier molecular flexibility index (Phi) is 2.85. The minimum absolute atomic E-state index is 0.0164. The highest BCUT2D eigenvalue weighted by Crippen LogP contribution is 2.38. The van der Waals surface area contributed by atoms with Gasteiger partial charge in [0.1, 0.15) is 5.84 Å². The number of nitrogens with zero attached hydrogens (tertiary/aromatic N) is 2. The normalized spacial score (nSPS) is 22.1. The van der Waals surface area contributed by atoms with Gasteiger partial charge in [0.15, 0.2) is 0 Å². The number of benzene rings is 1. The minimum atomic E-state index is -0.126. The van der Waals surface area contributed by atoms with Crippen molar-refractivity contribution >= 4 is 23.1 Å². The van der Waals surface area contributed by atoms with Gasteiger partial charge in [-0.2, -0.15) is 5.10 Å². The van der Waals surface area contributed by atoms with Gasteiger partial charge in [0.25, 0.3) is 0 Å². The SMILES string of the molecule is CN=C1Nc2ccc(C3=NNC(=O)CC3)cc2C1(C)C. The maximum absolute atomic E-state index is 11.2. The summed E-state index contributed by atoms with van der Waals surface area (Å²) < 4.78 is 0. The third-order valence-corrected chi connectivity index (χ3v) is 4.00. The number of rotatable bonds is 1. The molecule has 2 aliphatic heterocycles. The van der Waals surface area contributed by atoms with Crippen LogP contribution in [0.15, 0.2) is 28.3 Å². The van der Waals surface area contributed by atoms with Crippen LogP contribution in [-0.4, -0.2) is 24.5 Å². The number of fused-ring (bicyclic) bond motifs is 1. The average molecular weight is 270 g/mol. The summed E-state index contributed by atoms with van der Waals surface area (Å²) in [4.78, 5) is 15.5. The summed E-state index contributed by atoms with van der Waals surface area (Å²) in [6, 6.07) is 6.25. The van der Waals surface area contributed by atoms with Crippen LogP contribution in [0.4, 0.5) is 5.69 Å². The number of anilines is 1. The monoisotopic (exact) mass is 270 g/mol. The van der Waals surface area contributed by atoms with E-state index in [2.05, 4.69) is 46.8 Å². The predicted octanol–water partition coefficient (Wildman–Crippen LogP) is 2.03. The zero-order valence-corrected chi connectivity index (χ0v) is 11.9. The lowest BCUT2D eigenvalue weighted by Gasteiger charge is -2.19. The van der Waals surface area contributed by atoms with Gasteiger partial charge < -0.3 is 5.32 Å². The number of aliphatic imine (C=N–C) groups is 1. The van der Waals surface area contributed by atoms with Gasteiger partial charge in [0, 0.05) is 31.0 Å². The van der Waals surface area contributed by atoms with Gasteiger partial charge in [-0.1, -0.05) is 6.07 Å². The second-order valence-corrected chi connectivity index (χ2v) is 5.68. The van der Waals surface area contributed by atoms with Crippen molar-refractivity contribution < 1.29 is 4.79 Å². The first-order valence-corrected chi connectivity index (χ1v) is 6.77. The van der Waals surface area contributed by atoms with Crippen LogP contribution in [0.2, 0.25) is 0 Å². The van der Waals surface area contributed by atoms with Crippen LogP contribution in [0, 0.1) is 0 Å². The predicted molar refractivity (Wildman–Crippen MR) is 80.4 cm³/mol. The number of carbonyl (C=O) groups excluding carboxylic acids is 1. The first kappa shape index (κ1) is 12.8. The molecule has 0 unspecified atom stereocenters. The molecule has 2 aliphatic rings. The zero-order valence-electron chi connectivity index (χ0n) is 11.9. The van der Waals surface area contributed by atoms with Crippen molar-refractivity contribution in [3.8, 4) is 0 Å². The lowest BCUT2D eigenvalue weighted by atomic mass is 9.84. The number of hydrogen-bond donors (Lipinski definition) is 2. The van der Waals surface area contributed by atoms with E-state index in [1.165, 1.54) is 5.56 Å². The lowest BCUT2D eigenvalue weighted by molar-refractivity contribution is -0.121. The third-order valence-electron chi connectivity index (χ3n) is 4.00. The quantitative estimate of drug-likeness (QED) is 0.820. The molecule has 0 aromatic heterocycles. The van der Waals surface area contributed by atoms with Gasteiger partial charge in [0.2, 0.25) is 5.91 Å². The van der Waals surface area contributed by atoms with E-state index in [1.54, 1.807) is 7.05 Å². The van der Waals surface area contributed by atoms with Crippen LogP contribution in [0.1, 0.15) is 37.8 Å². The molecule has 5 nitrogen and oxygen atoms in total. The fourth-order valence-electron chi connectivity index (χ4n) is 2.78. The Balaban J connectivity index is 2.02. The molecule has 5 heteroatoms. The Labute approximate surface area is 118 Å². The van der Waals surface area contributed by atoms with Crippen molar-refractivity contribution in [1.82, 2.24) is 5.43 Å². The Morgan fingerprint density at radius 1 is 1.30 bits per heavy atom. The maximum Gasteiger partial charge on any atom is 0.240 e. The zero-order chi connectivity index (χ0) is 14.3. The van der Waals surface area contributed by atoms with Gasteiger partial charge in [-0.05, 0) is 37.1 Å². The number of hydrogen-bond acceptors (Lipinski definition) is 3. The molecular formula is C15H18N4O. The van der Waals surface area contributed by atoms with Gasteiger partial charge in [-0.15, -0.1) is 0 Å². The second kappa shape index (κ2) is 4.44. The van der Waals surface area contributed by atoms with Crippen molar-refractivity contribution in [2.45, 2.75) is 32.1 Å². The van der Waals surface area contributed by atoms with E-state index in [0.717, 1.165) is 22.8 Å². The Morgan fingerprint density at radius 2 is 2.10 bits per heavy atom. The molecule has 104 valence electrons. The van der Waals surface area contributed by atoms with Crippen LogP contribution >= 0.6 is 0 Å². The van der Waals surface area contributed by atoms with Crippen molar-refractivity contribution in [2.24, 2.45) is 10.1 Å². The van der Waals surface area contributed by atoms with Gasteiger partial charge in [-0.25, -0.2) is 5.43 Å². The highest BCUT2D eigenvalue weighted by atomic mass is 16.2. The molecule has 0 saturated heterocycles. The first-order valence-electron chi connectivity index (χ1n) is 6.77. The molecule has 1 aromatic carbocycles. The van der Waals surface area contributed by atoms with E-state index < -0.39 is 0 Å². The number of amidine groups is 1. The molecule has 0 radical (unpaired) electrons. The summed E-state index contributed by atoms with van der Waals surface area (Å²) in [5, 5.41) is 7.51. The van der Waals surface area contributed by atoms with E-state index in [0.29, 0.717) is 12.8 Å². The van der Waals surface area contributed by atoms with Crippen LogP contribution in [-0.2, 0) is 10.2 Å². The fraction of sp³-hybridized carbons (Fsp3) is 0.400. The summed E-state index contributed by atoms with van der Waals surface area (Å²) in [6.45, 7) is 4.31. The molecule has 0 bridgehead atoms. The molecule has 1 amide bonds. The van der Waals surface area contributed by atoms with E-state index in [-0.39, 0.29) is 11.3 Å². The van der Waals surface area contributed by atoms with E-state index in [1.807, 2.05) is 6.07 Å². The topological polar surface area (TPSA) is 65.8 Å². The summed E-state index contributed by atoms with van der Waals surface area (Å²) in [6.07, 6.45) is 1.19. The fourth-order valence-corrected chi connectivity index (χ4v) is 2.78. The summed E-state index contributed by atoms with van der Waals surface area (Å²) in [5.74, 6) is 0.959. The number of nitrogens with one attached hydrogen (secondary N) is 2. The van der Waals surface area contributed by atoms with Gasteiger partial charge >= 0.3 is 0 Å². The van der Waals surface area contributed by atoms with E-state index in [4.69, 9.17) is 0 Å². The molecule has 2 N–H and O–H groups in total. The van der Waals surface area contributed by atoms with Crippen molar-refractivity contribution in [1.29, 1.82) is 0 Å². The third kappa shape index (κ3) is 1.90. The Bertz CT molecular complexity index is 643. The van der Waals surface area contributed by atoms with Crippen LogP contribution in [0.3, 0.4) is 0 Å². The molecule has 1 aromatic rings. The summed E-state index contributed by atoms with van der Waals surface area (Å²) in [7, 11) is 1.80. The number of amides is 1. The molecule has 0 saturated carbocycles. The second-order valence-electron chi connectivity index (χ2n) is 5.68. The Hall–Kier alpha value is -2.17. The molecule has 20 heavy (non-hydrogen) atoms. The van der Waals surface area contributed by atoms with Crippen LogP contribution in [0.25, 0.3) is 0 Å². The highest BCUT2D eigenvalue weighted by molar-refractivity contribution is 6.11. The highest BCUT2D eigenvalue weighted by Gasteiger charge is 2.36. The van der Waals surface area contributed by atoms with E-state index >= 15 is 0 Å². The molecule has 0 atom stereocenters. The van der Waals surface area contributed by atoms with Gasteiger partial charge in [-0.3, -0.25) is 9.79 Å². The maximum atomic E-state index is 11.2. The van der Waals surface area contributed by atoms with Crippen LogP contribution < -0.4 is 10.7 Å². The minimum Gasteiger partial charge on any atom is -0.343 e.